The van der Waals surface area contributed by atoms with Crippen molar-refractivity contribution in [3.63, 3.8) is 0 Å². The van der Waals surface area contributed by atoms with Crippen LogP contribution in [0.5, 0.6) is 5.75 Å². The molecule has 1 aliphatic rings. The zero-order valence-electron chi connectivity index (χ0n) is 16.7. The number of rotatable bonds is 6. The molecule has 7 nitrogen and oxygen atoms in total. The van der Waals surface area contributed by atoms with Gasteiger partial charge >= 0.3 is 0 Å². The van der Waals surface area contributed by atoms with Gasteiger partial charge in [-0.3, -0.25) is 25.3 Å². The predicted molar refractivity (Wildman–Crippen MR) is 118 cm³/mol. The number of nitrogens with one attached hydrogen (secondary N) is 2. The van der Waals surface area contributed by atoms with E-state index in [-0.39, 0.29) is 27.9 Å². The second-order valence-electron chi connectivity index (χ2n) is 6.89. The summed E-state index contributed by atoms with van der Waals surface area (Å²) in [5, 5.41) is 0.437. The number of piperazine rings is 1. The summed E-state index contributed by atoms with van der Waals surface area (Å²) in [6.07, 6.45) is 0.287. The Kier molecular flexibility index (Phi) is 7.79. The van der Waals surface area contributed by atoms with Crippen LogP contribution in [-0.4, -0.2) is 56.5 Å². The first-order chi connectivity index (χ1) is 14.5. The fraction of sp³-hybridized carbons (Fsp3) is 0.333. The van der Waals surface area contributed by atoms with Crippen molar-refractivity contribution in [2.24, 2.45) is 0 Å². The van der Waals surface area contributed by atoms with E-state index < -0.39 is 5.91 Å². The Balaban J connectivity index is 1.40. The van der Waals surface area contributed by atoms with E-state index in [9.17, 15) is 9.59 Å². The van der Waals surface area contributed by atoms with E-state index in [1.54, 1.807) is 0 Å². The van der Waals surface area contributed by atoms with Gasteiger partial charge in [0, 0.05) is 50.4 Å². The molecule has 0 radical (unpaired) electrons. The molecule has 2 N–H and O–H groups in total. The van der Waals surface area contributed by atoms with Gasteiger partial charge in [-0.25, -0.2) is 0 Å². The van der Waals surface area contributed by atoms with Crippen LogP contribution in [0.3, 0.4) is 0 Å². The molecule has 1 fully saturated rings. The van der Waals surface area contributed by atoms with Gasteiger partial charge in [0.15, 0.2) is 5.75 Å². The molecule has 2 amide bonds. The number of hydrogen-bond donors (Lipinski definition) is 2. The summed E-state index contributed by atoms with van der Waals surface area (Å²) in [4.78, 5) is 28.9. The molecule has 2 aromatic carbocycles. The quantitative estimate of drug-likeness (QED) is 0.661. The molecule has 160 valence electrons. The van der Waals surface area contributed by atoms with Crippen molar-refractivity contribution in [1.29, 1.82) is 0 Å². The Labute approximate surface area is 185 Å². The molecule has 9 heteroatoms. The van der Waals surface area contributed by atoms with Crippen LogP contribution in [-0.2, 0) is 4.79 Å². The Hall–Kier alpha value is -2.48. The minimum Gasteiger partial charge on any atom is -0.494 e. The van der Waals surface area contributed by atoms with Gasteiger partial charge < -0.3 is 9.64 Å². The fourth-order valence-corrected chi connectivity index (χ4v) is 3.92. The first kappa shape index (κ1) is 22.2. The number of ether oxygens (including phenoxy) is 1. The number of para-hydroxylation sites is 1. The third kappa shape index (κ3) is 5.78. The molecule has 0 spiro atoms. The zero-order valence-corrected chi connectivity index (χ0v) is 18.2. The van der Waals surface area contributed by atoms with E-state index in [0.717, 1.165) is 26.2 Å². The van der Waals surface area contributed by atoms with Gasteiger partial charge in [-0.05, 0) is 24.3 Å². The maximum absolute atomic E-state index is 12.2. The number of benzene rings is 2. The molecular formula is C21H24Cl2N4O3. The molecule has 30 heavy (non-hydrogen) atoms. The van der Waals surface area contributed by atoms with Gasteiger partial charge in [0.25, 0.3) is 5.91 Å². The third-order valence-corrected chi connectivity index (χ3v) is 5.49. The minimum atomic E-state index is -0.508. The van der Waals surface area contributed by atoms with Crippen LogP contribution in [0.1, 0.15) is 16.8 Å². The number of nitrogens with zero attached hydrogens (tertiary/aromatic N) is 2. The molecule has 0 unspecified atom stereocenters. The first-order valence-corrected chi connectivity index (χ1v) is 10.4. The summed E-state index contributed by atoms with van der Waals surface area (Å²) in [5.74, 6) is -0.475. The maximum atomic E-state index is 12.2. The van der Waals surface area contributed by atoms with Crippen LogP contribution in [0.25, 0.3) is 0 Å². The normalized spacial score (nSPS) is 14.3. The molecule has 3 rings (SSSR count). The van der Waals surface area contributed by atoms with Gasteiger partial charge in [-0.1, -0.05) is 41.4 Å². The Morgan fingerprint density at radius 1 is 1.00 bits per heavy atom. The largest absolute Gasteiger partial charge is 0.494 e. The van der Waals surface area contributed by atoms with Crippen LogP contribution < -0.4 is 20.5 Å². The fourth-order valence-electron chi connectivity index (χ4n) is 3.28. The van der Waals surface area contributed by atoms with Crippen molar-refractivity contribution in [3.05, 3.63) is 58.1 Å². The number of carbonyl (C=O) groups is 2. The molecule has 1 aliphatic heterocycles. The van der Waals surface area contributed by atoms with E-state index >= 15 is 0 Å². The summed E-state index contributed by atoms with van der Waals surface area (Å²) in [6, 6.07) is 13.2. The lowest BCUT2D eigenvalue weighted by Crippen LogP contribution is -2.48. The summed E-state index contributed by atoms with van der Waals surface area (Å²) < 4.78 is 5.06. The number of anilines is 1. The minimum absolute atomic E-state index is 0.219. The van der Waals surface area contributed by atoms with Crippen LogP contribution in [0.15, 0.2) is 42.5 Å². The SMILES string of the molecule is COc1c(Cl)cc(C(=O)NNC(=O)CCN2CCN(c3ccccc3)CC2)cc1Cl. The molecule has 0 aromatic heterocycles. The summed E-state index contributed by atoms with van der Waals surface area (Å²) in [6.45, 7) is 4.24. The predicted octanol–water partition coefficient (Wildman–Crippen LogP) is 2.98. The van der Waals surface area contributed by atoms with Gasteiger partial charge in [0.2, 0.25) is 5.91 Å². The number of carbonyl (C=O) groups excluding carboxylic acids is 2. The van der Waals surface area contributed by atoms with Crippen LogP contribution >= 0.6 is 23.2 Å². The highest BCUT2D eigenvalue weighted by Gasteiger charge is 2.18. The second-order valence-corrected chi connectivity index (χ2v) is 7.70. The highest BCUT2D eigenvalue weighted by atomic mass is 35.5. The number of hydrazine groups is 1. The highest BCUT2D eigenvalue weighted by Crippen LogP contribution is 2.33. The van der Waals surface area contributed by atoms with Crippen LogP contribution in [0.4, 0.5) is 5.69 Å². The number of hydrogen-bond acceptors (Lipinski definition) is 5. The monoisotopic (exact) mass is 450 g/mol. The second kappa shape index (κ2) is 10.5. The lowest BCUT2D eigenvalue weighted by atomic mass is 10.2. The average Bonchev–Trinajstić information content (AvgIpc) is 2.76. The van der Waals surface area contributed by atoms with Crippen LogP contribution in [0, 0.1) is 0 Å². The molecule has 1 saturated heterocycles. The average molecular weight is 451 g/mol. The Morgan fingerprint density at radius 2 is 1.63 bits per heavy atom. The lowest BCUT2D eigenvalue weighted by Gasteiger charge is -2.36. The lowest BCUT2D eigenvalue weighted by molar-refractivity contribution is -0.122. The summed E-state index contributed by atoms with van der Waals surface area (Å²) >= 11 is 12.1. The molecule has 0 saturated carbocycles. The maximum Gasteiger partial charge on any atom is 0.269 e. The number of methoxy groups -OCH3 is 1. The van der Waals surface area contributed by atoms with Crippen molar-refractivity contribution in [2.75, 3.05) is 44.7 Å². The van der Waals surface area contributed by atoms with Gasteiger partial charge in [-0.15, -0.1) is 0 Å². The van der Waals surface area contributed by atoms with Crippen LogP contribution in [0.2, 0.25) is 10.0 Å². The molecule has 2 aromatic rings. The van der Waals surface area contributed by atoms with E-state index in [0.29, 0.717) is 12.3 Å². The molecule has 1 heterocycles. The summed E-state index contributed by atoms with van der Waals surface area (Å²) in [5.41, 5.74) is 6.26. The Morgan fingerprint density at radius 3 is 2.23 bits per heavy atom. The van der Waals surface area contributed by atoms with E-state index in [1.165, 1.54) is 24.9 Å². The smallest absolute Gasteiger partial charge is 0.269 e. The standard InChI is InChI=1S/C21H24Cl2N4O3/c1-30-20-17(22)13-15(14-18(20)23)21(29)25-24-19(28)7-8-26-9-11-27(12-10-26)16-5-3-2-4-6-16/h2-6,13-14H,7-12H2,1H3,(H,24,28)(H,25,29). The van der Waals surface area contributed by atoms with Crippen molar-refractivity contribution < 1.29 is 14.3 Å². The molecule has 0 bridgehead atoms. The van der Waals surface area contributed by atoms with Gasteiger partial charge in [0.1, 0.15) is 0 Å². The van der Waals surface area contributed by atoms with E-state index in [1.807, 2.05) is 18.2 Å². The molecular weight excluding hydrogens is 427 g/mol. The molecule has 0 aliphatic carbocycles. The number of halogens is 2. The summed E-state index contributed by atoms with van der Waals surface area (Å²) in [7, 11) is 1.44. The van der Waals surface area contributed by atoms with E-state index in [4.69, 9.17) is 27.9 Å². The molecule has 0 atom stereocenters. The van der Waals surface area contributed by atoms with Crippen molar-refractivity contribution >= 4 is 40.7 Å². The topological polar surface area (TPSA) is 73.9 Å². The van der Waals surface area contributed by atoms with Crippen molar-refractivity contribution in [3.8, 4) is 5.75 Å². The zero-order chi connectivity index (χ0) is 21.5. The number of amides is 2. The highest BCUT2D eigenvalue weighted by molar-refractivity contribution is 6.37. The third-order valence-electron chi connectivity index (χ3n) is 4.93. The van der Waals surface area contributed by atoms with Crippen molar-refractivity contribution in [1.82, 2.24) is 15.8 Å². The Bertz CT molecular complexity index is 864. The van der Waals surface area contributed by atoms with E-state index in [2.05, 4.69) is 32.8 Å². The van der Waals surface area contributed by atoms with Gasteiger partial charge in [0.05, 0.1) is 17.2 Å². The van der Waals surface area contributed by atoms with Gasteiger partial charge in [-0.2, -0.15) is 0 Å². The first-order valence-electron chi connectivity index (χ1n) is 9.62. The van der Waals surface area contributed by atoms with Crippen molar-refractivity contribution in [2.45, 2.75) is 6.42 Å².